The number of aliphatic hydroxyl groups excluding tert-OH is 2. The van der Waals surface area contributed by atoms with Crippen LogP contribution < -0.4 is 5.32 Å². The predicted octanol–water partition coefficient (Wildman–Crippen LogP) is 4.99. The van der Waals surface area contributed by atoms with E-state index in [1.807, 2.05) is 89.8 Å². The molecule has 3 aromatic carbocycles. The molecule has 7 heteroatoms. The lowest BCUT2D eigenvalue weighted by Crippen LogP contribution is -2.50. The number of carbonyl (C=O) groups excluding carboxylic acids is 2. The quantitative estimate of drug-likeness (QED) is 0.337. The van der Waals surface area contributed by atoms with Gasteiger partial charge in [-0.25, -0.2) is 4.79 Å². The van der Waals surface area contributed by atoms with Crippen LogP contribution in [0.3, 0.4) is 0 Å². The highest BCUT2D eigenvalue weighted by atomic mass is 16.6. The van der Waals surface area contributed by atoms with Crippen molar-refractivity contribution in [1.29, 1.82) is 0 Å². The van der Waals surface area contributed by atoms with Crippen LogP contribution in [0.5, 0.6) is 0 Å². The van der Waals surface area contributed by atoms with Crippen molar-refractivity contribution in [1.82, 2.24) is 10.2 Å². The Kier molecular flexibility index (Phi) is 8.71. The lowest BCUT2D eigenvalue weighted by molar-refractivity contribution is -0.141. The zero-order chi connectivity index (χ0) is 29.9. The number of benzene rings is 3. The second-order valence-electron chi connectivity index (χ2n) is 12.8. The molecule has 5 rings (SSSR count). The van der Waals surface area contributed by atoms with Crippen molar-refractivity contribution in [2.75, 3.05) is 6.54 Å². The number of likely N-dealkylation sites (tertiary alicyclic amines) is 1. The zero-order valence-corrected chi connectivity index (χ0v) is 24.7. The molecule has 1 saturated heterocycles. The van der Waals surface area contributed by atoms with E-state index in [-0.39, 0.29) is 12.3 Å². The number of ether oxygens (including phenoxy) is 1. The van der Waals surface area contributed by atoms with Gasteiger partial charge in [0.15, 0.2) is 0 Å². The van der Waals surface area contributed by atoms with Crippen LogP contribution in [0.2, 0.25) is 0 Å². The van der Waals surface area contributed by atoms with Crippen molar-refractivity contribution in [2.24, 2.45) is 5.41 Å². The molecule has 1 aliphatic carbocycles. The number of alkyl carbamates (subject to hydrolysis) is 1. The fraction of sp³-hybridized carbons (Fsp3) is 0.429. The lowest BCUT2D eigenvalue weighted by atomic mass is 9.74. The van der Waals surface area contributed by atoms with Crippen molar-refractivity contribution >= 4 is 12.0 Å². The monoisotopic (exact) mass is 570 g/mol. The third-order valence-electron chi connectivity index (χ3n) is 8.50. The van der Waals surface area contributed by atoms with Crippen LogP contribution in [0.15, 0.2) is 84.9 Å². The summed E-state index contributed by atoms with van der Waals surface area (Å²) in [5.41, 5.74) is 2.42. The van der Waals surface area contributed by atoms with Gasteiger partial charge in [0.05, 0.1) is 29.7 Å². The van der Waals surface area contributed by atoms with E-state index in [4.69, 9.17) is 4.74 Å². The van der Waals surface area contributed by atoms with E-state index in [2.05, 4.69) is 5.32 Å². The summed E-state index contributed by atoms with van der Waals surface area (Å²) in [6, 6.07) is 26.4. The minimum Gasteiger partial charge on any atom is -0.444 e. The SMILES string of the molecule is CC(C)(C)OC(=O)N[C@@H](Cc1ccccc1)[C@@H](O)C[C@]1(Cc2ccccc2)CCN([C@H]2c3ccccc3C[C@H]2O)C1=O. The topological polar surface area (TPSA) is 99.1 Å². The van der Waals surface area contributed by atoms with E-state index in [9.17, 15) is 19.8 Å². The summed E-state index contributed by atoms with van der Waals surface area (Å²) >= 11 is 0. The summed E-state index contributed by atoms with van der Waals surface area (Å²) in [6.45, 7) is 5.87. The summed E-state index contributed by atoms with van der Waals surface area (Å²) in [5, 5.41) is 25.8. The highest BCUT2D eigenvalue weighted by molar-refractivity contribution is 5.86. The van der Waals surface area contributed by atoms with Gasteiger partial charge in [-0.05, 0) is 68.7 Å². The summed E-state index contributed by atoms with van der Waals surface area (Å²) in [6.07, 6.45) is -0.260. The minimum atomic E-state index is -1.02. The van der Waals surface area contributed by atoms with Gasteiger partial charge in [0.2, 0.25) is 5.91 Å². The van der Waals surface area contributed by atoms with E-state index >= 15 is 0 Å². The van der Waals surface area contributed by atoms with E-state index in [1.54, 1.807) is 20.8 Å². The Morgan fingerprint density at radius 3 is 2.29 bits per heavy atom. The molecule has 0 radical (unpaired) electrons. The smallest absolute Gasteiger partial charge is 0.407 e. The van der Waals surface area contributed by atoms with Crippen molar-refractivity contribution in [3.8, 4) is 0 Å². The maximum Gasteiger partial charge on any atom is 0.407 e. The number of nitrogens with one attached hydrogen (secondary N) is 1. The first-order chi connectivity index (χ1) is 20.0. The Bertz CT molecular complexity index is 1370. The van der Waals surface area contributed by atoms with Crippen LogP contribution in [0.1, 0.15) is 61.9 Å². The van der Waals surface area contributed by atoms with Crippen molar-refractivity contribution in [3.63, 3.8) is 0 Å². The third-order valence-corrected chi connectivity index (χ3v) is 8.50. The maximum absolute atomic E-state index is 14.5. The van der Waals surface area contributed by atoms with Gasteiger partial charge in [0.1, 0.15) is 5.60 Å². The molecule has 7 nitrogen and oxygen atoms in total. The highest BCUT2D eigenvalue weighted by Gasteiger charge is 2.52. The normalized spacial score (nSPS) is 23.4. The van der Waals surface area contributed by atoms with Crippen LogP contribution in [0.4, 0.5) is 4.79 Å². The Labute approximate surface area is 248 Å². The second-order valence-corrected chi connectivity index (χ2v) is 12.8. The van der Waals surface area contributed by atoms with Gasteiger partial charge in [0, 0.05) is 13.0 Å². The van der Waals surface area contributed by atoms with Gasteiger partial charge in [-0.15, -0.1) is 0 Å². The van der Waals surface area contributed by atoms with Gasteiger partial charge in [-0.3, -0.25) is 4.79 Å². The molecule has 2 amide bonds. The van der Waals surface area contributed by atoms with Crippen molar-refractivity contribution in [2.45, 2.75) is 82.8 Å². The number of carbonyl (C=O) groups is 2. The van der Waals surface area contributed by atoms with Crippen molar-refractivity contribution < 1.29 is 24.5 Å². The zero-order valence-electron chi connectivity index (χ0n) is 24.7. The third kappa shape index (κ3) is 6.69. The van der Waals surface area contributed by atoms with Gasteiger partial charge in [0.25, 0.3) is 0 Å². The fourth-order valence-electron chi connectivity index (χ4n) is 6.61. The number of nitrogens with zero attached hydrogens (tertiary/aromatic N) is 1. The van der Waals surface area contributed by atoms with Crippen LogP contribution >= 0.6 is 0 Å². The maximum atomic E-state index is 14.5. The highest BCUT2D eigenvalue weighted by Crippen LogP contribution is 2.46. The molecular formula is C35H42N2O5. The van der Waals surface area contributed by atoms with Gasteiger partial charge >= 0.3 is 6.09 Å². The largest absolute Gasteiger partial charge is 0.444 e. The first kappa shape index (κ1) is 29.8. The molecule has 0 bridgehead atoms. The van der Waals surface area contributed by atoms with Crippen LogP contribution in [-0.2, 0) is 28.8 Å². The number of rotatable bonds is 9. The molecule has 222 valence electrons. The van der Waals surface area contributed by atoms with E-state index in [1.165, 1.54) is 0 Å². The summed E-state index contributed by atoms with van der Waals surface area (Å²) in [4.78, 5) is 29.2. The standard InChI is InChI=1S/C35H42N2O5/c1-34(2,3)42-33(41)36-28(20-24-12-6-4-7-13-24)30(39)23-35(22-25-14-8-5-9-15-25)18-19-37(32(35)40)31-27-17-11-10-16-26(27)21-29(31)38/h4-17,28-31,38-39H,18-23H2,1-3H3,(H,36,41)/t28-,29+,30-,31-,35+/m0/s1. The number of amides is 2. The molecule has 1 aliphatic heterocycles. The fourth-order valence-corrected chi connectivity index (χ4v) is 6.61. The van der Waals surface area contributed by atoms with Crippen LogP contribution in [0, 0.1) is 5.41 Å². The van der Waals surface area contributed by atoms with Crippen molar-refractivity contribution in [3.05, 3.63) is 107 Å². The lowest BCUT2D eigenvalue weighted by Gasteiger charge is -2.35. The molecule has 1 heterocycles. The Morgan fingerprint density at radius 2 is 1.62 bits per heavy atom. The molecule has 0 unspecified atom stereocenters. The van der Waals surface area contributed by atoms with Crippen LogP contribution in [-0.4, -0.2) is 57.5 Å². The van der Waals surface area contributed by atoms with E-state index in [0.717, 1.165) is 22.3 Å². The summed E-state index contributed by atoms with van der Waals surface area (Å²) < 4.78 is 5.53. The predicted molar refractivity (Wildman–Crippen MR) is 162 cm³/mol. The van der Waals surface area contributed by atoms with Gasteiger partial charge < -0.3 is 25.2 Å². The summed E-state index contributed by atoms with van der Waals surface area (Å²) in [7, 11) is 0. The van der Waals surface area contributed by atoms with Crippen LogP contribution in [0.25, 0.3) is 0 Å². The number of hydrogen-bond acceptors (Lipinski definition) is 5. The second kappa shape index (κ2) is 12.3. The van der Waals surface area contributed by atoms with Gasteiger partial charge in [-0.1, -0.05) is 84.9 Å². The first-order valence-corrected chi connectivity index (χ1v) is 14.9. The average molecular weight is 571 g/mol. The Morgan fingerprint density at radius 1 is 1.00 bits per heavy atom. The molecule has 0 spiro atoms. The Hall–Kier alpha value is -3.68. The molecule has 42 heavy (non-hydrogen) atoms. The molecular weight excluding hydrogens is 528 g/mol. The molecule has 2 aliphatic rings. The van der Waals surface area contributed by atoms with E-state index < -0.39 is 41.4 Å². The minimum absolute atomic E-state index is 0.0677. The molecule has 0 aromatic heterocycles. The number of fused-ring (bicyclic) bond motifs is 1. The first-order valence-electron chi connectivity index (χ1n) is 14.9. The van der Waals surface area contributed by atoms with E-state index in [0.29, 0.717) is 32.2 Å². The average Bonchev–Trinajstić information content (AvgIpc) is 3.43. The molecule has 1 fully saturated rings. The Balaban J connectivity index is 1.44. The molecule has 5 atom stereocenters. The number of hydrogen-bond donors (Lipinski definition) is 3. The molecule has 3 N–H and O–H groups in total. The molecule has 0 saturated carbocycles. The summed E-state index contributed by atoms with van der Waals surface area (Å²) in [5.74, 6) is -0.0677. The van der Waals surface area contributed by atoms with Gasteiger partial charge in [-0.2, -0.15) is 0 Å². The molecule has 3 aromatic rings. The number of aliphatic hydroxyl groups is 2.